The van der Waals surface area contributed by atoms with E-state index in [2.05, 4.69) is 14.0 Å². The first kappa shape index (κ1) is 29.0. The molecule has 168 valence electrons. The minimum atomic E-state index is -4.48. The van der Waals surface area contributed by atoms with Crippen molar-refractivity contribution in [2.45, 2.75) is 39.5 Å². The van der Waals surface area contributed by atoms with Crippen LogP contribution in [-0.2, 0) is 27.7 Å². The quantitative estimate of drug-likeness (QED) is 0.0942. The van der Waals surface area contributed by atoms with Crippen molar-refractivity contribution in [3.63, 3.8) is 0 Å². The number of hydrogen-bond donors (Lipinski definition) is 5. The number of unbranched alkanes of at least 4 members (excludes halogenated alkanes) is 2. The molecule has 0 aromatic carbocycles. The van der Waals surface area contributed by atoms with E-state index in [9.17, 15) is 13.9 Å². The van der Waals surface area contributed by atoms with Crippen LogP contribution in [0.3, 0.4) is 0 Å². The third kappa shape index (κ3) is 22.8. The number of phosphoric ester groups is 1. The summed E-state index contributed by atoms with van der Waals surface area (Å²) in [6.45, 7) is 4.60. The predicted molar refractivity (Wildman–Crippen MR) is 102 cm³/mol. The molecule has 0 aromatic rings. The van der Waals surface area contributed by atoms with E-state index in [1.54, 1.807) is 5.09 Å². The van der Waals surface area contributed by atoms with E-state index < -0.39 is 27.7 Å². The highest BCUT2D eigenvalue weighted by Crippen LogP contribution is 2.41. The highest BCUT2D eigenvalue weighted by molar-refractivity contribution is 7.50. The Morgan fingerprint density at radius 1 is 1.04 bits per heavy atom. The summed E-state index contributed by atoms with van der Waals surface area (Å²) in [5.74, 6) is -0.498. The molecule has 0 rings (SSSR count). The van der Waals surface area contributed by atoms with Crippen molar-refractivity contribution in [1.29, 1.82) is 0 Å². The second-order valence-electron chi connectivity index (χ2n) is 5.06. The first-order chi connectivity index (χ1) is 13.0. The molecule has 1 atom stereocenters. The van der Waals surface area contributed by atoms with Gasteiger partial charge in [0, 0.05) is 7.11 Å². The average molecular weight is 451 g/mol. The summed E-state index contributed by atoms with van der Waals surface area (Å²) in [6, 6.07) is 0. The highest BCUT2D eigenvalue weighted by Gasteiger charge is 2.17. The molecular weight excluding hydrogens is 420 g/mol. The first-order valence-electron chi connectivity index (χ1n) is 8.43. The van der Waals surface area contributed by atoms with Crippen LogP contribution in [-0.4, -0.2) is 60.3 Å². The fourth-order valence-electron chi connectivity index (χ4n) is 1.20. The fourth-order valence-corrected chi connectivity index (χ4v) is 1.99. The summed E-state index contributed by atoms with van der Waals surface area (Å²) in [5, 5.41) is 1.61. The van der Waals surface area contributed by atoms with Crippen LogP contribution in [0.4, 0.5) is 4.79 Å². The Kier molecular flexibility index (Phi) is 17.3. The molecule has 0 aliphatic rings. The number of ether oxygens (including phenoxy) is 2. The predicted octanol–water partition coefficient (Wildman–Crippen LogP) is 1.49. The monoisotopic (exact) mass is 451 g/mol. The van der Waals surface area contributed by atoms with Gasteiger partial charge in [0.15, 0.2) is 5.96 Å². The lowest BCUT2D eigenvalue weighted by molar-refractivity contribution is 0.0536. The van der Waals surface area contributed by atoms with Gasteiger partial charge in [0.1, 0.15) is 0 Å². The molecular formula is C13H31N3O10P2. The van der Waals surface area contributed by atoms with Crippen LogP contribution in [0.2, 0.25) is 0 Å². The number of phosphoric acid groups is 1. The molecule has 6 N–H and O–H groups in total. The van der Waals surface area contributed by atoms with Gasteiger partial charge in [-0.25, -0.2) is 13.9 Å². The minimum absolute atomic E-state index is 0.160. The molecule has 0 spiro atoms. The fraction of sp³-hybridized carbons (Fsp3) is 0.846. The Labute approximate surface area is 164 Å². The molecule has 0 heterocycles. The van der Waals surface area contributed by atoms with Gasteiger partial charge in [0.2, 0.25) is 0 Å². The van der Waals surface area contributed by atoms with Crippen LogP contribution in [0.1, 0.15) is 39.5 Å². The smallest absolute Gasteiger partial charge is 0.434 e. The maximum absolute atomic E-state index is 10.7. The summed E-state index contributed by atoms with van der Waals surface area (Å²) in [5.41, 5.74) is 5.07. The molecule has 0 aromatic heterocycles. The van der Waals surface area contributed by atoms with Crippen molar-refractivity contribution in [2.24, 2.45) is 10.7 Å². The van der Waals surface area contributed by atoms with Crippen LogP contribution < -0.4 is 10.8 Å². The van der Waals surface area contributed by atoms with E-state index in [4.69, 9.17) is 29.9 Å². The largest absolute Gasteiger partial charge is 0.508 e. The summed E-state index contributed by atoms with van der Waals surface area (Å²) in [7, 11) is -7.55. The number of nitrogens with one attached hydrogen (secondary N) is 1. The van der Waals surface area contributed by atoms with Gasteiger partial charge in [0.25, 0.3) is 0 Å². The van der Waals surface area contributed by atoms with Crippen molar-refractivity contribution >= 4 is 27.7 Å². The highest BCUT2D eigenvalue weighted by atomic mass is 31.2. The van der Waals surface area contributed by atoms with Gasteiger partial charge in [-0.05, 0) is 12.8 Å². The van der Waals surface area contributed by atoms with Gasteiger partial charge in [0.05, 0.1) is 26.4 Å². The topological polar surface area (TPSA) is 199 Å². The van der Waals surface area contributed by atoms with Gasteiger partial charge in [-0.1, -0.05) is 26.7 Å². The summed E-state index contributed by atoms with van der Waals surface area (Å²) < 4.78 is 39.1. The zero-order chi connectivity index (χ0) is 22.1. The molecule has 13 nitrogen and oxygen atoms in total. The lowest BCUT2D eigenvalue weighted by Crippen LogP contribution is -2.29. The van der Waals surface area contributed by atoms with E-state index >= 15 is 0 Å². The Morgan fingerprint density at radius 3 is 1.93 bits per heavy atom. The summed E-state index contributed by atoms with van der Waals surface area (Å²) in [6.07, 6.45) is 3.34. The second kappa shape index (κ2) is 16.7. The third-order valence-electron chi connectivity index (χ3n) is 2.55. The first-order valence-corrected chi connectivity index (χ1v) is 11.5. The van der Waals surface area contributed by atoms with Gasteiger partial charge in [-0.3, -0.25) is 19.1 Å². The van der Waals surface area contributed by atoms with Gasteiger partial charge >= 0.3 is 21.7 Å². The molecule has 0 amide bonds. The van der Waals surface area contributed by atoms with Gasteiger partial charge < -0.3 is 29.9 Å². The van der Waals surface area contributed by atoms with E-state index in [0.717, 1.165) is 32.8 Å². The number of nitrogens with zero attached hydrogens (tertiary/aromatic N) is 1. The number of nitrogens with two attached hydrogens (primary N) is 1. The number of hydrogen-bond acceptors (Lipinski definition) is 8. The maximum atomic E-state index is 10.7. The molecule has 0 aliphatic heterocycles. The molecule has 0 fully saturated rings. The number of carbonyl (C=O) groups excluding carboxylic acids is 1. The summed E-state index contributed by atoms with van der Waals surface area (Å²) >= 11 is 0. The van der Waals surface area contributed by atoms with Crippen molar-refractivity contribution in [3.05, 3.63) is 0 Å². The number of guanidine groups is 1. The number of rotatable bonds is 12. The Balaban J connectivity index is 0. The molecule has 0 saturated carbocycles. The normalized spacial score (nSPS) is 13.7. The molecule has 0 aliphatic carbocycles. The molecule has 0 radical (unpaired) electrons. The van der Waals surface area contributed by atoms with Gasteiger partial charge in [-0.2, -0.15) is 0 Å². The van der Waals surface area contributed by atoms with Crippen LogP contribution in [0.5, 0.6) is 0 Å². The Morgan fingerprint density at radius 2 is 1.54 bits per heavy atom. The Hall–Kier alpha value is -1.20. The lowest BCUT2D eigenvalue weighted by atomic mass is 10.4. The number of carbonyl (C=O) groups is 1. The lowest BCUT2D eigenvalue weighted by Gasteiger charge is -2.08. The SMILES string of the molecule is CCCCOC(=O)OCCCC.COP(=O)(O)OCCN=C(N)NP(=O)(O)O. The van der Waals surface area contributed by atoms with E-state index in [1.165, 1.54) is 0 Å². The molecule has 0 bridgehead atoms. The minimum Gasteiger partial charge on any atom is -0.434 e. The van der Waals surface area contributed by atoms with Crippen LogP contribution in [0.15, 0.2) is 4.99 Å². The van der Waals surface area contributed by atoms with Gasteiger partial charge in [-0.15, -0.1) is 0 Å². The van der Waals surface area contributed by atoms with Crippen molar-refractivity contribution in [3.8, 4) is 0 Å². The zero-order valence-corrected chi connectivity index (χ0v) is 18.1. The molecule has 1 unspecified atom stereocenters. The maximum Gasteiger partial charge on any atom is 0.508 e. The van der Waals surface area contributed by atoms with E-state index in [-0.39, 0.29) is 13.2 Å². The second-order valence-corrected chi connectivity index (χ2v) is 7.93. The standard InChI is InChI=1S/C9H18O3.C4H13N3O7P2/c1-3-5-7-11-9(10)12-8-6-4-2;1-13-16(11,12)14-3-2-6-4(5)7-15(8,9)10/h3-8H2,1-2H3;2-3H2,1H3,(H,11,12)(H5,5,6,7,8,9,10). The molecule has 15 heteroatoms. The van der Waals surface area contributed by atoms with Crippen LogP contribution in [0, 0.1) is 0 Å². The van der Waals surface area contributed by atoms with E-state index in [0.29, 0.717) is 13.2 Å². The Bertz CT molecular complexity index is 529. The van der Waals surface area contributed by atoms with Crippen molar-refractivity contribution < 1.29 is 47.1 Å². The van der Waals surface area contributed by atoms with Crippen LogP contribution >= 0.6 is 15.6 Å². The summed E-state index contributed by atoms with van der Waals surface area (Å²) in [4.78, 5) is 39.8. The molecule has 28 heavy (non-hydrogen) atoms. The zero-order valence-electron chi connectivity index (χ0n) is 16.3. The van der Waals surface area contributed by atoms with Crippen molar-refractivity contribution in [2.75, 3.05) is 33.5 Å². The van der Waals surface area contributed by atoms with Crippen molar-refractivity contribution in [1.82, 2.24) is 5.09 Å². The number of aliphatic imine (C=N–C) groups is 1. The average Bonchev–Trinajstić information content (AvgIpc) is 2.58. The van der Waals surface area contributed by atoms with Crippen LogP contribution in [0.25, 0.3) is 0 Å². The third-order valence-corrected chi connectivity index (χ3v) is 4.05. The van der Waals surface area contributed by atoms with E-state index in [1.807, 2.05) is 13.8 Å². The molecule has 0 saturated heterocycles.